The van der Waals surface area contributed by atoms with Crippen molar-refractivity contribution in [1.82, 2.24) is 10.2 Å². The topological polar surface area (TPSA) is 75.7 Å². The van der Waals surface area contributed by atoms with Crippen LogP contribution in [-0.4, -0.2) is 49.4 Å². The zero-order chi connectivity index (χ0) is 20.1. The van der Waals surface area contributed by atoms with Gasteiger partial charge in [-0.1, -0.05) is 46.8 Å². The third-order valence-electron chi connectivity index (χ3n) is 4.06. The SMILES string of the molecule is CC(C)[C@@H](NC(=O)c1ccc(C(C)(C)C)cc1)C(=O)OCC(=O)N(C)C. The second-order valence-corrected chi connectivity index (χ2v) is 7.92. The summed E-state index contributed by atoms with van der Waals surface area (Å²) in [4.78, 5) is 37.6. The number of hydrogen-bond donors (Lipinski definition) is 1. The number of benzene rings is 1. The molecule has 0 aliphatic heterocycles. The van der Waals surface area contributed by atoms with Crippen LogP contribution in [0.4, 0.5) is 0 Å². The molecule has 1 aromatic carbocycles. The first-order chi connectivity index (χ1) is 11.9. The second kappa shape index (κ2) is 8.83. The van der Waals surface area contributed by atoms with E-state index in [1.54, 1.807) is 26.2 Å². The number of likely N-dealkylation sites (N-methyl/N-ethyl adjacent to an activating group) is 1. The zero-order valence-corrected chi connectivity index (χ0v) is 16.8. The monoisotopic (exact) mass is 362 g/mol. The fraction of sp³-hybridized carbons (Fsp3) is 0.550. The summed E-state index contributed by atoms with van der Waals surface area (Å²) in [6, 6.07) is 6.49. The van der Waals surface area contributed by atoms with Crippen molar-refractivity contribution in [3.8, 4) is 0 Å². The molecule has 0 aromatic heterocycles. The van der Waals surface area contributed by atoms with Gasteiger partial charge in [0, 0.05) is 19.7 Å². The van der Waals surface area contributed by atoms with Gasteiger partial charge in [0.2, 0.25) is 0 Å². The van der Waals surface area contributed by atoms with E-state index in [4.69, 9.17) is 4.74 Å². The van der Waals surface area contributed by atoms with Gasteiger partial charge in [-0.2, -0.15) is 0 Å². The Kier molecular flexibility index (Phi) is 7.36. The molecule has 0 saturated carbocycles. The van der Waals surface area contributed by atoms with Crippen LogP contribution in [-0.2, 0) is 19.7 Å². The maximum absolute atomic E-state index is 12.5. The molecule has 0 fully saturated rings. The molecule has 0 saturated heterocycles. The minimum absolute atomic E-state index is 0.00173. The summed E-state index contributed by atoms with van der Waals surface area (Å²) in [5.74, 6) is -1.45. The molecule has 0 aliphatic carbocycles. The number of ether oxygens (including phenoxy) is 1. The lowest BCUT2D eigenvalue weighted by Crippen LogP contribution is -2.46. The molecule has 0 unspecified atom stereocenters. The lowest BCUT2D eigenvalue weighted by molar-refractivity contribution is -0.153. The van der Waals surface area contributed by atoms with Crippen LogP contribution in [0, 0.1) is 5.92 Å². The summed E-state index contributed by atoms with van der Waals surface area (Å²) in [6.45, 7) is 9.57. The van der Waals surface area contributed by atoms with E-state index in [9.17, 15) is 14.4 Å². The molecule has 0 aliphatic rings. The normalized spacial score (nSPS) is 12.5. The first-order valence-electron chi connectivity index (χ1n) is 8.71. The van der Waals surface area contributed by atoms with Gasteiger partial charge in [0.25, 0.3) is 11.8 Å². The van der Waals surface area contributed by atoms with Crippen molar-refractivity contribution in [2.45, 2.75) is 46.1 Å². The van der Waals surface area contributed by atoms with Gasteiger partial charge in [0.1, 0.15) is 6.04 Å². The number of rotatable bonds is 6. The lowest BCUT2D eigenvalue weighted by atomic mass is 9.86. The molecule has 26 heavy (non-hydrogen) atoms. The lowest BCUT2D eigenvalue weighted by Gasteiger charge is -2.22. The summed E-state index contributed by atoms with van der Waals surface area (Å²) < 4.78 is 5.04. The Balaban J connectivity index is 2.79. The van der Waals surface area contributed by atoms with E-state index in [2.05, 4.69) is 26.1 Å². The highest BCUT2D eigenvalue weighted by molar-refractivity contribution is 5.97. The number of nitrogens with zero attached hydrogens (tertiary/aromatic N) is 1. The molecule has 0 bridgehead atoms. The van der Waals surface area contributed by atoms with Crippen molar-refractivity contribution in [2.24, 2.45) is 5.92 Å². The maximum atomic E-state index is 12.5. The van der Waals surface area contributed by atoms with Gasteiger partial charge in [-0.15, -0.1) is 0 Å². The van der Waals surface area contributed by atoms with Gasteiger partial charge in [-0.3, -0.25) is 9.59 Å². The van der Waals surface area contributed by atoms with E-state index in [1.165, 1.54) is 4.90 Å². The second-order valence-electron chi connectivity index (χ2n) is 7.92. The summed E-state index contributed by atoms with van der Waals surface area (Å²) >= 11 is 0. The van der Waals surface area contributed by atoms with E-state index in [0.717, 1.165) is 5.56 Å². The highest BCUT2D eigenvalue weighted by atomic mass is 16.5. The standard InChI is InChI=1S/C20H30N2O4/c1-13(2)17(19(25)26-12-16(23)22(6)7)21-18(24)14-8-10-15(11-9-14)20(3,4)5/h8-11,13,17H,12H2,1-7H3,(H,21,24)/t17-/m1/s1. The Morgan fingerprint density at radius 2 is 1.62 bits per heavy atom. The largest absolute Gasteiger partial charge is 0.454 e. The van der Waals surface area contributed by atoms with Gasteiger partial charge >= 0.3 is 5.97 Å². The number of carbonyl (C=O) groups excluding carboxylic acids is 3. The Morgan fingerprint density at radius 1 is 1.08 bits per heavy atom. The van der Waals surface area contributed by atoms with Crippen LogP contribution in [0.25, 0.3) is 0 Å². The van der Waals surface area contributed by atoms with E-state index < -0.39 is 12.0 Å². The van der Waals surface area contributed by atoms with E-state index >= 15 is 0 Å². The Labute approximate surface area is 155 Å². The van der Waals surface area contributed by atoms with Gasteiger partial charge < -0.3 is 15.0 Å². The quantitative estimate of drug-likeness (QED) is 0.789. The fourth-order valence-corrected chi connectivity index (χ4v) is 2.20. The van der Waals surface area contributed by atoms with Crippen LogP contribution in [0.2, 0.25) is 0 Å². The molecular formula is C20H30N2O4. The molecule has 0 radical (unpaired) electrons. The third kappa shape index (κ3) is 6.17. The van der Waals surface area contributed by atoms with Crippen LogP contribution in [0.1, 0.15) is 50.5 Å². The van der Waals surface area contributed by atoms with Crippen molar-refractivity contribution in [3.05, 3.63) is 35.4 Å². The van der Waals surface area contributed by atoms with Crippen molar-refractivity contribution >= 4 is 17.8 Å². The molecule has 1 N–H and O–H groups in total. The highest BCUT2D eigenvalue weighted by Gasteiger charge is 2.27. The van der Waals surface area contributed by atoms with Crippen LogP contribution in [0.3, 0.4) is 0 Å². The number of amides is 2. The molecular weight excluding hydrogens is 332 g/mol. The Bertz CT molecular complexity index is 643. The Morgan fingerprint density at radius 3 is 2.04 bits per heavy atom. The third-order valence-corrected chi connectivity index (χ3v) is 4.06. The maximum Gasteiger partial charge on any atom is 0.329 e. The summed E-state index contributed by atoms with van der Waals surface area (Å²) in [7, 11) is 3.16. The number of esters is 1. The van der Waals surface area contributed by atoms with Crippen LogP contribution in [0.5, 0.6) is 0 Å². The molecule has 1 rings (SSSR count). The summed E-state index contributed by atoms with van der Waals surface area (Å²) in [5, 5.41) is 2.71. The van der Waals surface area contributed by atoms with Gasteiger partial charge in [0.15, 0.2) is 6.61 Å². The van der Waals surface area contributed by atoms with Crippen molar-refractivity contribution in [3.63, 3.8) is 0 Å². The van der Waals surface area contributed by atoms with Crippen LogP contribution >= 0.6 is 0 Å². The molecule has 6 heteroatoms. The van der Waals surface area contributed by atoms with E-state index in [-0.39, 0.29) is 29.8 Å². The molecule has 1 atom stereocenters. The average molecular weight is 362 g/mol. The van der Waals surface area contributed by atoms with Gasteiger partial charge in [-0.05, 0) is 29.0 Å². The van der Waals surface area contributed by atoms with E-state index in [0.29, 0.717) is 5.56 Å². The molecule has 1 aromatic rings. The van der Waals surface area contributed by atoms with Crippen molar-refractivity contribution in [2.75, 3.05) is 20.7 Å². The minimum atomic E-state index is -0.820. The summed E-state index contributed by atoms with van der Waals surface area (Å²) in [6.07, 6.45) is 0. The van der Waals surface area contributed by atoms with Crippen LogP contribution < -0.4 is 5.32 Å². The average Bonchev–Trinajstić information content (AvgIpc) is 2.55. The predicted octanol–water partition coefficient (Wildman–Crippen LogP) is 2.37. The first-order valence-corrected chi connectivity index (χ1v) is 8.71. The minimum Gasteiger partial charge on any atom is -0.454 e. The number of carbonyl (C=O) groups is 3. The van der Waals surface area contributed by atoms with Gasteiger partial charge in [0.05, 0.1) is 0 Å². The predicted molar refractivity (Wildman–Crippen MR) is 101 cm³/mol. The molecule has 144 valence electrons. The van der Waals surface area contributed by atoms with Crippen molar-refractivity contribution in [1.29, 1.82) is 0 Å². The van der Waals surface area contributed by atoms with Gasteiger partial charge in [-0.25, -0.2) is 4.79 Å². The molecule has 2 amide bonds. The van der Waals surface area contributed by atoms with Crippen LogP contribution in [0.15, 0.2) is 24.3 Å². The fourth-order valence-electron chi connectivity index (χ4n) is 2.20. The number of nitrogens with one attached hydrogen (secondary N) is 1. The number of hydrogen-bond acceptors (Lipinski definition) is 4. The smallest absolute Gasteiger partial charge is 0.329 e. The van der Waals surface area contributed by atoms with Crippen molar-refractivity contribution < 1.29 is 19.1 Å². The summed E-state index contributed by atoms with van der Waals surface area (Å²) in [5.41, 5.74) is 1.59. The van der Waals surface area contributed by atoms with E-state index in [1.807, 2.05) is 26.0 Å². The highest BCUT2D eigenvalue weighted by Crippen LogP contribution is 2.22. The first kappa shape index (κ1) is 21.7. The molecule has 0 spiro atoms. The molecule has 6 nitrogen and oxygen atoms in total. The zero-order valence-electron chi connectivity index (χ0n) is 16.8. The molecule has 0 heterocycles. The Hall–Kier alpha value is -2.37.